The van der Waals surface area contributed by atoms with Crippen molar-refractivity contribution in [2.45, 2.75) is 64.8 Å². The van der Waals surface area contributed by atoms with Gasteiger partial charge in [0.2, 0.25) is 0 Å². The highest BCUT2D eigenvalue weighted by atomic mass is 28.4. The molecule has 0 aliphatic heterocycles. The molecule has 5 heteroatoms. The van der Waals surface area contributed by atoms with E-state index in [0.29, 0.717) is 34.6 Å². The average Bonchev–Trinajstić information content (AvgIpc) is 2.69. The zero-order valence-corrected chi connectivity index (χ0v) is 19.8. The van der Waals surface area contributed by atoms with Gasteiger partial charge in [0.25, 0.3) is 8.32 Å². The Morgan fingerprint density at radius 1 is 0.867 bits per heavy atom. The van der Waals surface area contributed by atoms with Gasteiger partial charge in [-0.2, -0.15) is 0 Å². The van der Waals surface area contributed by atoms with E-state index in [2.05, 4.69) is 47.6 Å². The van der Waals surface area contributed by atoms with Gasteiger partial charge in [-0.3, -0.25) is 0 Å². The van der Waals surface area contributed by atoms with Gasteiger partial charge in [-0.1, -0.05) is 59.7 Å². The topological polar surface area (TPSA) is 48.7 Å². The second-order valence-corrected chi connectivity index (χ2v) is 14.1. The Hall–Kier alpha value is -2.53. The second-order valence-electron chi connectivity index (χ2n) is 8.77. The number of rotatable bonds is 8. The van der Waals surface area contributed by atoms with E-state index < -0.39 is 8.32 Å². The van der Waals surface area contributed by atoms with Crippen LogP contribution in [0.4, 0.5) is 0 Å². The summed E-state index contributed by atoms with van der Waals surface area (Å²) in [5.41, 5.74) is 2.66. The fraction of sp³-hybridized carbons (Fsp3) is 0.400. The van der Waals surface area contributed by atoms with Crippen LogP contribution in [0.25, 0.3) is 11.0 Å². The molecule has 0 radical (unpaired) electrons. The third kappa shape index (κ3) is 4.46. The Kier molecular flexibility index (Phi) is 6.71. The van der Waals surface area contributed by atoms with E-state index in [4.69, 9.17) is 13.6 Å². The first-order valence-corrected chi connectivity index (χ1v) is 12.8. The van der Waals surface area contributed by atoms with Gasteiger partial charge in [-0.05, 0) is 40.9 Å². The number of benzene rings is 2. The van der Waals surface area contributed by atoms with Crippen LogP contribution in [0.1, 0.15) is 47.1 Å². The molecule has 160 valence electrons. The molecule has 0 aliphatic rings. The minimum Gasteiger partial charge on any atom is -0.542 e. The van der Waals surface area contributed by atoms with Crippen molar-refractivity contribution in [3.8, 4) is 11.5 Å². The highest BCUT2D eigenvalue weighted by molar-refractivity contribution is 6.78. The number of hydrogen-bond acceptors (Lipinski definition) is 4. The van der Waals surface area contributed by atoms with Crippen LogP contribution in [0.15, 0.2) is 63.8 Å². The number of ether oxygens (including phenoxy) is 1. The maximum absolute atomic E-state index is 11.5. The maximum Gasteiger partial charge on any atom is 0.336 e. The molecule has 1 aromatic heterocycles. The van der Waals surface area contributed by atoms with Crippen molar-refractivity contribution >= 4 is 19.3 Å². The van der Waals surface area contributed by atoms with Crippen LogP contribution >= 0.6 is 0 Å². The van der Waals surface area contributed by atoms with E-state index in [1.165, 1.54) is 6.07 Å². The zero-order valence-electron chi connectivity index (χ0n) is 18.8. The van der Waals surface area contributed by atoms with Gasteiger partial charge in [0.15, 0.2) is 0 Å². The lowest BCUT2D eigenvalue weighted by atomic mass is 10.2. The summed E-state index contributed by atoms with van der Waals surface area (Å²) in [6, 6.07) is 16.8. The fourth-order valence-electron chi connectivity index (χ4n) is 4.56. The molecular weight excluding hydrogens is 392 g/mol. The first-order valence-electron chi connectivity index (χ1n) is 10.7. The standard InChI is InChI=1S/C25H32O4Si/c1-17(2)30(18(3)4,19(5)6)29-23-10-8-7-9-21(23)16-27-22-13-11-20-12-14-25(26)28-24(20)15-22/h7-15,17-19H,16H2,1-6H3. The Balaban J connectivity index is 1.86. The summed E-state index contributed by atoms with van der Waals surface area (Å²) < 4.78 is 18.2. The van der Waals surface area contributed by atoms with Gasteiger partial charge in [0.1, 0.15) is 23.7 Å². The molecule has 0 unspecified atom stereocenters. The SMILES string of the molecule is CC(C)[Si](Oc1ccccc1COc1ccc2ccc(=O)oc2c1)(C(C)C)C(C)C. The molecule has 0 atom stereocenters. The second kappa shape index (κ2) is 9.09. The third-order valence-corrected chi connectivity index (χ3v) is 11.9. The monoisotopic (exact) mass is 424 g/mol. The van der Waals surface area contributed by atoms with E-state index in [-0.39, 0.29) is 5.63 Å². The largest absolute Gasteiger partial charge is 0.542 e. The summed E-state index contributed by atoms with van der Waals surface area (Å²) in [5.74, 6) is 1.57. The molecular formula is C25H32O4Si. The van der Waals surface area contributed by atoms with Gasteiger partial charge in [-0.15, -0.1) is 0 Å². The average molecular weight is 425 g/mol. The molecule has 0 aliphatic carbocycles. The summed E-state index contributed by atoms with van der Waals surface area (Å²) in [5, 5.41) is 0.868. The minimum absolute atomic E-state index is 0.365. The van der Waals surface area contributed by atoms with Crippen molar-refractivity contribution in [1.82, 2.24) is 0 Å². The van der Waals surface area contributed by atoms with Crippen molar-refractivity contribution in [3.05, 3.63) is 70.6 Å². The van der Waals surface area contributed by atoms with Gasteiger partial charge >= 0.3 is 5.63 Å². The van der Waals surface area contributed by atoms with E-state index in [0.717, 1.165) is 16.7 Å². The molecule has 30 heavy (non-hydrogen) atoms. The molecule has 0 bridgehead atoms. The summed E-state index contributed by atoms with van der Waals surface area (Å²) >= 11 is 0. The number of hydrogen-bond donors (Lipinski definition) is 0. The Morgan fingerprint density at radius 3 is 2.17 bits per heavy atom. The van der Waals surface area contributed by atoms with E-state index in [9.17, 15) is 4.79 Å². The first-order chi connectivity index (χ1) is 14.2. The van der Waals surface area contributed by atoms with Crippen LogP contribution < -0.4 is 14.8 Å². The molecule has 3 aromatic rings. The van der Waals surface area contributed by atoms with Crippen LogP contribution in [-0.2, 0) is 6.61 Å². The molecule has 0 saturated heterocycles. The first kappa shape index (κ1) is 22.2. The highest BCUT2D eigenvalue weighted by Crippen LogP contribution is 2.43. The molecule has 0 N–H and O–H groups in total. The van der Waals surface area contributed by atoms with E-state index in [1.807, 2.05) is 30.3 Å². The Morgan fingerprint density at radius 2 is 1.50 bits per heavy atom. The van der Waals surface area contributed by atoms with Crippen LogP contribution in [0.5, 0.6) is 11.5 Å². The lowest BCUT2D eigenvalue weighted by Gasteiger charge is -2.42. The van der Waals surface area contributed by atoms with Gasteiger partial charge < -0.3 is 13.6 Å². The van der Waals surface area contributed by atoms with Crippen LogP contribution in [0.3, 0.4) is 0 Å². The molecule has 0 fully saturated rings. The van der Waals surface area contributed by atoms with Gasteiger partial charge in [0.05, 0.1) is 0 Å². The minimum atomic E-state index is -2.06. The Labute approximate surface area is 180 Å². The molecule has 0 saturated carbocycles. The van der Waals surface area contributed by atoms with Crippen molar-refractivity contribution < 1.29 is 13.6 Å². The molecule has 2 aromatic carbocycles. The van der Waals surface area contributed by atoms with Crippen LogP contribution in [0.2, 0.25) is 16.6 Å². The highest BCUT2D eigenvalue weighted by Gasteiger charge is 2.47. The van der Waals surface area contributed by atoms with Gasteiger partial charge in [0, 0.05) is 23.1 Å². The molecule has 0 amide bonds. The summed E-state index contributed by atoms with van der Waals surface area (Å²) in [7, 11) is -2.06. The summed E-state index contributed by atoms with van der Waals surface area (Å²) in [6.45, 7) is 14.1. The lowest BCUT2D eigenvalue weighted by molar-refractivity contribution is 0.301. The molecule has 4 nitrogen and oxygen atoms in total. The predicted octanol–water partition coefficient (Wildman–Crippen LogP) is 6.93. The van der Waals surface area contributed by atoms with Crippen molar-refractivity contribution in [1.29, 1.82) is 0 Å². The Bertz CT molecular complexity index is 1030. The lowest BCUT2D eigenvalue weighted by Crippen LogP contribution is -2.50. The summed E-state index contributed by atoms with van der Waals surface area (Å²) in [4.78, 5) is 11.5. The number of para-hydroxylation sites is 1. The van der Waals surface area contributed by atoms with Crippen LogP contribution in [0, 0.1) is 0 Å². The van der Waals surface area contributed by atoms with Crippen molar-refractivity contribution in [3.63, 3.8) is 0 Å². The molecule has 1 heterocycles. The van der Waals surface area contributed by atoms with E-state index >= 15 is 0 Å². The third-order valence-electron chi connectivity index (χ3n) is 5.96. The maximum atomic E-state index is 11.5. The van der Waals surface area contributed by atoms with Crippen molar-refractivity contribution in [2.24, 2.45) is 0 Å². The normalized spacial score (nSPS) is 12.2. The zero-order chi connectivity index (χ0) is 21.9. The molecule has 3 rings (SSSR count). The van der Waals surface area contributed by atoms with E-state index in [1.54, 1.807) is 12.1 Å². The smallest absolute Gasteiger partial charge is 0.336 e. The summed E-state index contributed by atoms with van der Waals surface area (Å²) in [6.07, 6.45) is 0. The van der Waals surface area contributed by atoms with Gasteiger partial charge in [-0.25, -0.2) is 4.79 Å². The quantitative estimate of drug-likeness (QED) is 0.291. The fourth-order valence-corrected chi connectivity index (χ4v) is 9.85. The van der Waals surface area contributed by atoms with Crippen LogP contribution in [-0.4, -0.2) is 8.32 Å². The predicted molar refractivity (Wildman–Crippen MR) is 125 cm³/mol. The number of fused-ring (bicyclic) bond motifs is 1. The van der Waals surface area contributed by atoms with Crippen molar-refractivity contribution in [2.75, 3.05) is 0 Å². The molecule has 0 spiro atoms.